The van der Waals surface area contributed by atoms with Crippen molar-refractivity contribution in [2.45, 2.75) is 6.92 Å². The van der Waals surface area contributed by atoms with Crippen LogP contribution < -0.4 is 4.73 Å². The van der Waals surface area contributed by atoms with E-state index >= 15 is 0 Å². The topological polar surface area (TPSA) is 44.0 Å². The summed E-state index contributed by atoms with van der Waals surface area (Å²) in [6.45, 7) is 1.92. The minimum absolute atomic E-state index is 0.209. The number of hydrogen-bond donors (Lipinski definition) is 0. The summed E-state index contributed by atoms with van der Waals surface area (Å²) in [7, 11) is 0. The number of aromatic nitrogens is 1. The van der Waals surface area contributed by atoms with Crippen molar-refractivity contribution in [2.75, 3.05) is 0 Å². The van der Waals surface area contributed by atoms with Gasteiger partial charge in [-0.2, -0.15) is 4.73 Å². The first kappa shape index (κ1) is 13.3. The Hall–Kier alpha value is -2.13. The van der Waals surface area contributed by atoms with Gasteiger partial charge < -0.3 is 5.21 Å². The Morgan fingerprint density at radius 3 is 2.84 bits per heavy atom. The first-order chi connectivity index (χ1) is 9.06. The predicted octanol–water partition coefficient (Wildman–Crippen LogP) is 3.18. The number of aryl methyl sites for hydroxylation is 1. The van der Waals surface area contributed by atoms with Crippen molar-refractivity contribution in [3.8, 4) is 0 Å². The van der Waals surface area contributed by atoms with E-state index in [0.29, 0.717) is 15.3 Å². The van der Waals surface area contributed by atoms with Crippen LogP contribution in [0.2, 0.25) is 5.02 Å². The normalized spacial score (nSPS) is 10.8. The van der Waals surface area contributed by atoms with Gasteiger partial charge in [-0.3, -0.25) is 4.79 Å². The quantitative estimate of drug-likeness (QED) is 0.373. The van der Waals surface area contributed by atoms with Gasteiger partial charge in [0.25, 0.3) is 0 Å². The van der Waals surface area contributed by atoms with E-state index in [1.54, 1.807) is 24.3 Å². The molecule has 0 amide bonds. The highest BCUT2D eigenvalue weighted by atomic mass is 35.5. The van der Waals surface area contributed by atoms with Crippen LogP contribution in [0.3, 0.4) is 0 Å². The van der Waals surface area contributed by atoms with Gasteiger partial charge in [-0.05, 0) is 42.3 Å². The number of halogens is 1. The highest BCUT2D eigenvalue weighted by Gasteiger charge is 2.05. The Balaban J connectivity index is 2.21. The van der Waals surface area contributed by atoms with Crippen molar-refractivity contribution in [3.05, 3.63) is 75.7 Å². The second kappa shape index (κ2) is 5.67. The lowest BCUT2D eigenvalue weighted by atomic mass is 10.1. The summed E-state index contributed by atoms with van der Waals surface area (Å²) in [5.74, 6) is -0.209. The zero-order chi connectivity index (χ0) is 13.8. The molecule has 0 fully saturated rings. The third-order valence-corrected chi connectivity index (χ3v) is 2.94. The van der Waals surface area contributed by atoms with Crippen molar-refractivity contribution in [1.29, 1.82) is 0 Å². The fraction of sp³-hybridized carbons (Fsp3) is 0.0667. The van der Waals surface area contributed by atoms with E-state index in [0.717, 1.165) is 11.1 Å². The molecule has 0 bridgehead atoms. The van der Waals surface area contributed by atoms with E-state index in [9.17, 15) is 10.0 Å². The Labute approximate surface area is 116 Å². The SMILES string of the molecule is Cc1cc(Cl)ccc1C=CC(=O)c1ccc[n+]([O-])c1. The van der Waals surface area contributed by atoms with Crippen LogP contribution in [-0.4, -0.2) is 5.78 Å². The van der Waals surface area contributed by atoms with E-state index in [2.05, 4.69) is 0 Å². The van der Waals surface area contributed by atoms with Crippen molar-refractivity contribution in [3.63, 3.8) is 0 Å². The average molecular weight is 274 g/mol. The maximum atomic E-state index is 11.9. The molecule has 1 aromatic carbocycles. The minimum atomic E-state index is -0.209. The Morgan fingerprint density at radius 2 is 2.16 bits per heavy atom. The molecule has 1 heterocycles. The van der Waals surface area contributed by atoms with Gasteiger partial charge in [0, 0.05) is 11.1 Å². The molecule has 96 valence electrons. The number of carbonyl (C=O) groups excluding carboxylic acids is 1. The fourth-order valence-electron chi connectivity index (χ4n) is 1.69. The van der Waals surface area contributed by atoms with Crippen LogP contribution in [0, 0.1) is 12.1 Å². The molecule has 2 rings (SSSR count). The van der Waals surface area contributed by atoms with Gasteiger partial charge in [0.15, 0.2) is 18.2 Å². The Morgan fingerprint density at radius 1 is 1.37 bits per heavy atom. The maximum absolute atomic E-state index is 11.9. The zero-order valence-corrected chi connectivity index (χ0v) is 11.1. The standard InChI is InChI=1S/C15H12ClNO2/c1-11-9-14(16)6-4-12(11)5-7-15(18)13-3-2-8-17(19)10-13/h2-10H,1H3. The largest absolute Gasteiger partial charge is 0.619 e. The van der Waals surface area contributed by atoms with E-state index in [4.69, 9.17) is 11.6 Å². The molecule has 0 aliphatic rings. The molecule has 0 saturated carbocycles. The number of allylic oxidation sites excluding steroid dienone is 1. The minimum Gasteiger partial charge on any atom is -0.619 e. The lowest BCUT2D eigenvalue weighted by molar-refractivity contribution is -0.605. The number of ketones is 1. The van der Waals surface area contributed by atoms with Crippen LogP contribution >= 0.6 is 11.6 Å². The summed E-state index contributed by atoms with van der Waals surface area (Å²) >= 11 is 5.86. The number of carbonyl (C=O) groups is 1. The van der Waals surface area contributed by atoms with E-state index < -0.39 is 0 Å². The van der Waals surface area contributed by atoms with Crippen LogP contribution in [0.4, 0.5) is 0 Å². The van der Waals surface area contributed by atoms with E-state index in [-0.39, 0.29) is 5.78 Å². The summed E-state index contributed by atoms with van der Waals surface area (Å²) in [6.07, 6.45) is 5.76. The molecule has 0 unspecified atom stereocenters. The molecule has 2 aromatic rings. The van der Waals surface area contributed by atoms with Crippen LogP contribution in [0.1, 0.15) is 21.5 Å². The van der Waals surface area contributed by atoms with E-state index in [1.165, 1.54) is 18.5 Å². The van der Waals surface area contributed by atoms with Gasteiger partial charge in [-0.1, -0.05) is 23.7 Å². The first-order valence-corrected chi connectivity index (χ1v) is 6.11. The number of nitrogens with zero attached hydrogens (tertiary/aromatic N) is 1. The van der Waals surface area contributed by atoms with Gasteiger partial charge in [0.05, 0.1) is 5.56 Å². The molecule has 4 heteroatoms. The summed E-state index contributed by atoms with van der Waals surface area (Å²) in [4.78, 5) is 11.9. The van der Waals surface area contributed by atoms with Crippen molar-refractivity contribution >= 4 is 23.5 Å². The monoisotopic (exact) mass is 273 g/mol. The smallest absolute Gasteiger partial charge is 0.191 e. The molecule has 1 aromatic heterocycles. The lowest BCUT2D eigenvalue weighted by Gasteiger charge is -2.00. The summed E-state index contributed by atoms with van der Waals surface area (Å²) in [6, 6.07) is 8.60. The summed E-state index contributed by atoms with van der Waals surface area (Å²) < 4.78 is 0.606. The second-order valence-electron chi connectivity index (χ2n) is 4.15. The van der Waals surface area contributed by atoms with Gasteiger partial charge >= 0.3 is 0 Å². The van der Waals surface area contributed by atoms with Crippen LogP contribution in [0.25, 0.3) is 6.08 Å². The Kier molecular flexibility index (Phi) is 3.97. The second-order valence-corrected chi connectivity index (χ2v) is 4.59. The zero-order valence-electron chi connectivity index (χ0n) is 10.3. The van der Waals surface area contributed by atoms with Crippen molar-refractivity contribution in [2.24, 2.45) is 0 Å². The maximum Gasteiger partial charge on any atom is 0.191 e. The molecule has 0 aliphatic carbocycles. The third kappa shape index (κ3) is 3.42. The number of pyridine rings is 1. The Bertz CT molecular complexity index is 650. The molecule has 19 heavy (non-hydrogen) atoms. The number of hydrogen-bond acceptors (Lipinski definition) is 2. The highest BCUT2D eigenvalue weighted by Crippen LogP contribution is 2.16. The molecule has 0 saturated heterocycles. The molecule has 0 radical (unpaired) electrons. The average Bonchev–Trinajstić information content (AvgIpc) is 2.37. The van der Waals surface area contributed by atoms with Crippen LogP contribution in [-0.2, 0) is 0 Å². The molecule has 0 atom stereocenters. The first-order valence-electron chi connectivity index (χ1n) is 5.73. The molecular weight excluding hydrogens is 262 g/mol. The lowest BCUT2D eigenvalue weighted by Crippen LogP contribution is -2.25. The summed E-state index contributed by atoms with van der Waals surface area (Å²) in [5, 5.41) is 11.7. The molecule has 0 aliphatic heterocycles. The van der Waals surface area contributed by atoms with Gasteiger partial charge in [0.1, 0.15) is 0 Å². The highest BCUT2D eigenvalue weighted by molar-refractivity contribution is 6.30. The fourth-order valence-corrected chi connectivity index (χ4v) is 1.91. The van der Waals surface area contributed by atoms with Crippen LogP contribution in [0.15, 0.2) is 48.8 Å². The van der Waals surface area contributed by atoms with Crippen molar-refractivity contribution < 1.29 is 9.52 Å². The molecular formula is C15H12ClNO2. The summed E-state index contributed by atoms with van der Waals surface area (Å²) in [5.41, 5.74) is 2.27. The van der Waals surface area contributed by atoms with Gasteiger partial charge in [0.2, 0.25) is 0 Å². The predicted molar refractivity (Wildman–Crippen MR) is 75.0 cm³/mol. The molecule has 0 N–H and O–H groups in total. The number of benzene rings is 1. The van der Waals surface area contributed by atoms with Gasteiger partial charge in [-0.15, -0.1) is 0 Å². The molecule has 3 nitrogen and oxygen atoms in total. The molecule has 0 spiro atoms. The van der Waals surface area contributed by atoms with Gasteiger partial charge in [-0.25, -0.2) is 0 Å². The third-order valence-electron chi connectivity index (χ3n) is 2.71. The number of rotatable bonds is 3. The van der Waals surface area contributed by atoms with E-state index in [1.807, 2.05) is 19.1 Å². The van der Waals surface area contributed by atoms with Crippen LogP contribution in [0.5, 0.6) is 0 Å². The van der Waals surface area contributed by atoms with Crippen molar-refractivity contribution in [1.82, 2.24) is 0 Å².